The molecule has 3 nitrogen and oxygen atoms in total. The number of nitrogens with one attached hydrogen (secondary N) is 1. The standard InChI is InChI=1S/C17H20N2O/c1-19(2)17(20)16(15-11-7-4-8-12-15)18-13-14-9-5-3-6-10-14/h3-12,16,18H,13H2,1-2H3. The number of hydrogen-bond donors (Lipinski definition) is 1. The van der Waals surface area contributed by atoms with Gasteiger partial charge < -0.3 is 4.90 Å². The number of nitrogens with zero attached hydrogens (tertiary/aromatic N) is 1. The molecule has 2 aromatic carbocycles. The topological polar surface area (TPSA) is 32.3 Å². The molecule has 1 atom stereocenters. The summed E-state index contributed by atoms with van der Waals surface area (Å²) in [5, 5.41) is 3.34. The van der Waals surface area contributed by atoms with Gasteiger partial charge in [-0.3, -0.25) is 10.1 Å². The molecule has 0 aliphatic heterocycles. The lowest BCUT2D eigenvalue weighted by atomic mass is 10.1. The molecule has 3 heteroatoms. The SMILES string of the molecule is CN(C)C(=O)C(NCc1ccccc1)c1ccccc1. The van der Waals surface area contributed by atoms with Crippen LogP contribution in [0, 0.1) is 0 Å². The van der Waals surface area contributed by atoms with Crippen molar-refractivity contribution in [1.29, 1.82) is 0 Å². The Balaban J connectivity index is 2.13. The molecule has 20 heavy (non-hydrogen) atoms. The van der Waals surface area contributed by atoms with Gasteiger partial charge in [0.15, 0.2) is 0 Å². The van der Waals surface area contributed by atoms with Crippen molar-refractivity contribution in [2.45, 2.75) is 12.6 Å². The summed E-state index contributed by atoms with van der Waals surface area (Å²) in [6, 6.07) is 19.6. The van der Waals surface area contributed by atoms with Crippen LogP contribution >= 0.6 is 0 Å². The van der Waals surface area contributed by atoms with Crippen LogP contribution in [-0.4, -0.2) is 24.9 Å². The second-order valence-electron chi connectivity index (χ2n) is 4.94. The highest BCUT2D eigenvalue weighted by Crippen LogP contribution is 2.15. The largest absolute Gasteiger partial charge is 0.347 e. The van der Waals surface area contributed by atoms with Gasteiger partial charge in [-0.2, -0.15) is 0 Å². The van der Waals surface area contributed by atoms with Gasteiger partial charge in [0.1, 0.15) is 6.04 Å². The molecule has 1 N–H and O–H groups in total. The third kappa shape index (κ3) is 3.68. The van der Waals surface area contributed by atoms with Gasteiger partial charge in [-0.25, -0.2) is 0 Å². The van der Waals surface area contributed by atoms with Crippen molar-refractivity contribution in [3.8, 4) is 0 Å². The summed E-state index contributed by atoms with van der Waals surface area (Å²) in [4.78, 5) is 13.9. The minimum atomic E-state index is -0.314. The van der Waals surface area contributed by atoms with Gasteiger partial charge >= 0.3 is 0 Å². The molecule has 0 bridgehead atoms. The van der Waals surface area contributed by atoms with Gasteiger partial charge in [0.25, 0.3) is 0 Å². The summed E-state index contributed by atoms with van der Waals surface area (Å²) in [6.07, 6.45) is 0. The van der Waals surface area contributed by atoms with E-state index in [0.29, 0.717) is 6.54 Å². The summed E-state index contributed by atoms with van der Waals surface area (Å²) in [5.41, 5.74) is 2.15. The Morgan fingerprint density at radius 1 is 1.00 bits per heavy atom. The second-order valence-corrected chi connectivity index (χ2v) is 4.94. The summed E-state index contributed by atoms with van der Waals surface area (Å²) < 4.78 is 0. The van der Waals surface area contributed by atoms with E-state index >= 15 is 0 Å². The molecule has 1 amide bonds. The van der Waals surface area contributed by atoms with E-state index in [2.05, 4.69) is 17.4 Å². The molecule has 2 rings (SSSR count). The van der Waals surface area contributed by atoms with Crippen molar-refractivity contribution in [3.63, 3.8) is 0 Å². The lowest BCUT2D eigenvalue weighted by Crippen LogP contribution is -2.36. The molecule has 0 saturated carbocycles. The van der Waals surface area contributed by atoms with Crippen LogP contribution in [0.1, 0.15) is 17.2 Å². The van der Waals surface area contributed by atoms with E-state index in [1.54, 1.807) is 19.0 Å². The lowest BCUT2D eigenvalue weighted by molar-refractivity contribution is -0.131. The number of amides is 1. The first-order chi connectivity index (χ1) is 9.68. The maximum Gasteiger partial charge on any atom is 0.243 e. The summed E-state index contributed by atoms with van der Waals surface area (Å²) in [5.74, 6) is 0.0622. The summed E-state index contributed by atoms with van der Waals surface area (Å²) >= 11 is 0. The van der Waals surface area contributed by atoms with Gasteiger partial charge in [0, 0.05) is 20.6 Å². The fraction of sp³-hybridized carbons (Fsp3) is 0.235. The van der Waals surface area contributed by atoms with Crippen LogP contribution in [0.5, 0.6) is 0 Å². The van der Waals surface area contributed by atoms with Crippen molar-refractivity contribution in [1.82, 2.24) is 10.2 Å². The number of carbonyl (C=O) groups is 1. The van der Waals surface area contributed by atoms with Crippen LogP contribution in [-0.2, 0) is 11.3 Å². The van der Waals surface area contributed by atoms with E-state index in [4.69, 9.17) is 0 Å². The minimum Gasteiger partial charge on any atom is -0.347 e. The van der Waals surface area contributed by atoms with Crippen LogP contribution in [0.2, 0.25) is 0 Å². The first-order valence-corrected chi connectivity index (χ1v) is 6.72. The van der Waals surface area contributed by atoms with Gasteiger partial charge in [-0.1, -0.05) is 60.7 Å². The zero-order valence-corrected chi connectivity index (χ0v) is 11.9. The minimum absolute atomic E-state index is 0.0622. The van der Waals surface area contributed by atoms with E-state index in [1.165, 1.54) is 5.56 Å². The average Bonchev–Trinajstić information content (AvgIpc) is 2.49. The van der Waals surface area contributed by atoms with Gasteiger partial charge in [-0.15, -0.1) is 0 Å². The van der Waals surface area contributed by atoms with Gasteiger partial charge in [0.2, 0.25) is 5.91 Å². The monoisotopic (exact) mass is 268 g/mol. The molecule has 0 aliphatic carbocycles. The Morgan fingerprint density at radius 3 is 2.10 bits per heavy atom. The highest BCUT2D eigenvalue weighted by atomic mass is 16.2. The number of likely N-dealkylation sites (N-methyl/N-ethyl adjacent to an activating group) is 1. The van der Waals surface area contributed by atoms with Crippen LogP contribution < -0.4 is 5.32 Å². The van der Waals surface area contributed by atoms with Crippen molar-refractivity contribution in [2.24, 2.45) is 0 Å². The molecule has 0 saturated heterocycles. The molecule has 0 heterocycles. The van der Waals surface area contributed by atoms with Gasteiger partial charge in [-0.05, 0) is 11.1 Å². The number of carbonyl (C=O) groups excluding carboxylic acids is 1. The molecular formula is C17H20N2O. The summed E-state index contributed by atoms with van der Waals surface area (Å²) in [7, 11) is 3.56. The van der Waals surface area contributed by atoms with Crippen molar-refractivity contribution in [2.75, 3.05) is 14.1 Å². The maximum absolute atomic E-state index is 12.3. The summed E-state index contributed by atoms with van der Waals surface area (Å²) in [6.45, 7) is 0.667. The predicted octanol–water partition coefficient (Wildman–Crippen LogP) is 2.61. The zero-order chi connectivity index (χ0) is 14.4. The fourth-order valence-electron chi connectivity index (χ4n) is 2.07. The number of benzene rings is 2. The molecule has 0 aromatic heterocycles. The Hall–Kier alpha value is -2.13. The lowest BCUT2D eigenvalue weighted by Gasteiger charge is -2.22. The second kappa shape index (κ2) is 6.87. The van der Waals surface area contributed by atoms with E-state index in [1.807, 2.05) is 48.5 Å². The normalized spacial score (nSPS) is 11.9. The third-order valence-corrected chi connectivity index (χ3v) is 3.17. The van der Waals surface area contributed by atoms with E-state index in [-0.39, 0.29) is 11.9 Å². The Bertz CT molecular complexity index is 537. The first kappa shape index (κ1) is 14.3. The Labute approximate surface area is 120 Å². The molecule has 0 spiro atoms. The smallest absolute Gasteiger partial charge is 0.243 e. The van der Waals surface area contributed by atoms with E-state index < -0.39 is 0 Å². The van der Waals surface area contributed by atoms with Crippen molar-refractivity contribution in [3.05, 3.63) is 71.8 Å². The highest BCUT2D eigenvalue weighted by molar-refractivity contribution is 5.82. The van der Waals surface area contributed by atoms with Gasteiger partial charge in [0.05, 0.1) is 0 Å². The maximum atomic E-state index is 12.3. The van der Waals surface area contributed by atoms with E-state index in [0.717, 1.165) is 5.56 Å². The first-order valence-electron chi connectivity index (χ1n) is 6.72. The molecule has 2 aromatic rings. The Morgan fingerprint density at radius 2 is 1.55 bits per heavy atom. The fourth-order valence-corrected chi connectivity index (χ4v) is 2.07. The molecule has 0 radical (unpaired) electrons. The molecule has 0 fully saturated rings. The van der Waals surface area contributed by atoms with Crippen LogP contribution in [0.4, 0.5) is 0 Å². The quantitative estimate of drug-likeness (QED) is 0.904. The third-order valence-electron chi connectivity index (χ3n) is 3.17. The van der Waals surface area contributed by atoms with Crippen molar-refractivity contribution < 1.29 is 4.79 Å². The number of rotatable bonds is 5. The number of hydrogen-bond acceptors (Lipinski definition) is 2. The predicted molar refractivity (Wildman–Crippen MR) is 81.2 cm³/mol. The molecular weight excluding hydrogens is 248 g/mol. The van der Waals surface area contributed by atoms with Crippen LogP contribution in [0.3, 0.4) is 0 Å². The Kier molecular flexibility index (Phi) is 4.91. The van der Waals surface area contributed by atoms with Crippen LogP contribution in [0.15, 0.2) is 60.7 Å². The molecule has 1 unspecified atom stereocenters. The molecule has 104 valence electrons. The molecule has 0 aliphatic rings. The van der Waals surface area contributed by atoms with Crippen LogP contribution in [0.25, 0.3) is 0 Å². The average molecular weight is 268 g/mol. The highest BCUT2D eigenvalue weighted by Gasteiger charge is 2.21. The van der Waals surface area contributed by atoms with E-state index in [9.17, 15) is 4.79 Å². The zero-order valence-electron chi connectivity index (χ0n) is 11.9. The van der Waals surface area contributed by atoms with Crippen molar-refractivity contribution >= 4 is 5.91 Å².